The molecule has 1 amide bonds. The third kappa shape index (κ3) is 3.81. The summed E-state index contributed by atoms with van der Waals surface area (Å²) in [5, 5.41) is 0. The van der Waals surface area contributed by atoms with Gasteiger partial charge in [-0.05, 0) is 18.2 Å². The zero-order valence-corrected chi connectivity index (χ0v) is 14.8. The van der Waals surface area contributed by atoms with E-state index >= 15 is 0 Å². The van der Waals surface area contributed by atoms with Crippen molar-refractivity contribution in [2.45, 2.75) is 0 Å². The zero-order valence-electron chi connectivity index (χ0n) is 10.8. The summed E-state index contributed by atoms with van der Waals surface area (Å²) in [6.07, 6.45) is 1.19. The first kappa shape index (κ1) is 15.9. The molecule has 1 fully saturated rings. The van der Waals surface area contributed by atoms with Crippen LogP contribution in [-0.2, 0) is 10.0 Å². The maximum absolute atomic E-state index is 12.4. The Balaban J connectivity index is 2.09. The summed E-state index contributed by atoms with van der Waals surface area (Å²) in [6.45, 7) is 1.52. The van der Waals surface area contributed by atoms with Crippen molar-refractivity contribution in [1.29, 1.82) is 0 Å². The van der Waals surface area contributed by atoms with Crippen LogP contribution in [-0.4, -0.2) is 56.0 Å². The number of halogens is 2. The lowest BCUT2D eigenvalue weighted by Crippen LogP contribution is -2.50. The van der Waals surface area contributed by atoms with Crippen LogP contribution < -0.4 is 0 Å². The summed E-state index contributed by atoms with van der Waals surface area (Å²) in [6, 6.07) is 5.38. The number of sulfonamides is 1. The molecular formula is C12H14Br2N2O3S. The van der Waals surface area contributed by atoms with Crippen LogP contribution in [0.1, 0.15) is 10.4 Å². The van der Waals surface area contributed by atoms with Crippen LogP contribution in [0.4, 0.5) is 0 Å². The molecule has 2 rings (SSSR count). The molecule has 20 heavy (non-hydrogen) atoms. The highest BCUT2D eigenvalue weighted by molar-refractivity contribution is 9.11. The minimum absolute atomic E-state index is 0.0832. The van der Waals surface area contributed by atoms with Gasteiger partial charge in [-0.1, -0.05) is 31.9 Å². The molecule has 0 unspecified atom stereocenters. The van der Waals surface area contributed by atoms with E-state index in [1.165, 1.54) is 10.6 Å². The molecule has 1 heterocycles. The Morgan fingerprint density at radius 1 is 1.05 bits per heavy atom. The molecular weight excluding hydrogens is 412 g/mol. The highest BCUT2D eigenvalue weighted by atomic mass is 79.9. The lowest BCUT2D eigenvalue weighted by Gasteiger charge is -2.33. The Morgan fingerprint density at radius 2 is 1.55 bits per heavy atom. The molecule has 1 aliphatic heterocycles. The number of benzene rings is 1. The van der Waals surface area contributed by atoms with Crippen molar-refractivity contribution < 1.29 is 13.2 Å². The van der Waals surface area contributed by atoms with Crippen molar-refractivity contribution in [3.63, 3.8) is 0 Å². The molecule has 0 aromatic heterocycles. The van der Waals surface area contributed by atoms with Gasteiger partial charge in [-0.2, -0.15) is 4.31 Å². The molecule has 0 radical (unpaired) electrons. The summed E-state index contributed by atoms with van der Waals surface area (Å²) in [5.41, 5.74) is 0.582. The second-order valence-electron chi connectivity index (χ2n) is 4.61. The van der Waals surface area contributed by atoms with Crippen molar-refractivity contribution in [1.82, 2.24) is 9.21 Å². The van der Waals surface area contributed by atoms with E-state index in [1.54, 1.807) is 17.0 Å². The van der Waals surface area contributed by atoms with Gasteiger partial charge in [0.25, 0.3) is 5.91 Å². The van der Waals surface area contributed by atoms with Crippen molar-refractivity contribution in [3.05, 3.63) is 32.7 Å². The summed E-state index contributed by atoms with van der Waals surface area (Å²) < 4.78 is 25.9. The van der Waals surface area contributed by atoms with E-state index in [1.807, 2.05) is 6.07 Å². The fourth-order valence-corrected chi connectivity index (χ4v) is 4.20. The van der Waals surface area contributed by atoms with Crippen LogP contribution in [0, 0.1) is 0 Å². The van der Waals surface area contributed by atoms with Gasteiger partial charge in [0.1, 0.15) is 0 Å². The average molecular weight is 426 g/mol. The molecule has 1 aliphatic rings. The molecule has 8 heteroatoms. The molecule has 0 atom stereocenters. The van der Waals surface area contributed by atoms with Crippen LogP contribution in [0.5, 0.6) is 0 Å². The third-order valence-electron chi connectivity index (χ3n) is 3.10. The second kappa shape index (κ2) is 6.13. The molecule has 0 saturated carbocycles. The topological polar surface area (TPSA) is 57.7 Å². The molecule has 0 bridgehead atoms. The third-order valence-corrected chi connectivity index (χ3v) is 5.32. The molecule has 0 N–H and O–H groups in total. The summed E-state index contributed by atoms with van der Waals surface area (Å²) in [5.74, 6) is -0.0832. The predicted octanol–water partition coefficient (Wildman–Crippen LogP) is 1.93. The Labute approximate surface area is 135 Å². The molecule has 0 spiro atoms. The Kier molecular flexibility index (Phi) is 4.88. The first-order valence-electron chi connectivity index (χ1n) is 5.98. The molecule has 0 aliphatic carbocycles. The van der Waals surface area contributed by atoms with E-state index in [0.29, 0.717) is 31.7 Å². The number of amides is 1. The number of carbonyl (C=O) groups excluding carboxylic acids is 1. The van der Waals surface area contributed by atoms with Crippen LogP contribution in [0.25, 0.3) is 0 Å². The van der Waals surface area contributed by atoms with Gasteiger partial charge in [0.05, 0.1) is 6.26 Å². The molecule has 1 saturated heterocycles. The van der Waals surface area contributed by atoms with Gasteiger partial charge in [0.15, 0.2) is 0 Å². The smallest absolute Gasteiger partial charge is 0.254 e. The first-order valence-corrected chi connectivity index (χ1v) is 9.41. The van der Waals surface area contributed by atoms with E-state index in [9.17, 15) is 13.2 Å². The second-order valence-corrected chi connectivity index (χ2v) is 8.43. The maximum Gasteiger partial charge on any atom is 0.254 e. The van der Waals surface area contributed by atoms with E-state index in [4.69, 9.17) is 0 Å². The Bertz CT molecular complexity index is 605. The van der Waals surface area contributed by atoms with Gasteiger partial charge in [-0.3, -0.25) is 4.79 Å². The average Bonchev–Trinajstić information content (AvgIpc) is 2.36. The quantitative estimate of drug-likeness (QED) is 0.727. The summed E-state index contributed by atoms with van der Waals surface area (Å²) in [7, 11) is -3.17. The fraction of sp³-hybridized carbons (Fsp3) is 0.417. The van der Waals surface area contributed by atoms with Crippen LogP contribution in [0.3, 0.4) is 0 Å². The largest absolute Gasteiger partial charge is 0.336 e. The zero-order chi connectivity index (χ0) is 14.9. The lowest BCUT2D eigenvalue weighted by molar-refractivity contribution is 0.0698. The van der Waals surface area contributed by atoms with Gasteiger partial charge < -0.3 is 4.90 Å². The van der Waals surface area contributed by atoms with Crippen molar-refractivity contribution in [3.8, 4) is 0 Å². The van der Waals surface area contributed by atoms with Crippen molar-refractivity contribution in [2.75, 3.05) is 32.4 Å². The molecule has 5 nitrogen and oxygen atoms in total. The fourth-order valence-electron chi connectivity index (χ4n) is 2.08. The molecule has 1 aromatic rings. The lowest BCUT2D eigenvalue weighted by atomic mass is 10.2. The normalized spacial score (nSPS) is 17.2. The summed E-state index contributed by atoms with van der Waals surface area (Å²) >= 11 is 6.71. The minimum atomic E-state index is -3.17. The number of rotatable bonds is 2. The first-order chi connectivity index (χ1) is 9.27. The van der Waals surface area contributed by atoms with Gasteiger partial charge >= 0.3 is 0 Å². The van der Waals surface area contributed by atoms with Crippen LogP contribution in [0.2, 0.25) is 0 Å². The maximum atomic E-state index is 12.4. The SMILES string of the molecule is CS(=O)(=O)N1CCN(C(=O)c2cc(Br)cc(Br)c2)CC1. The molecule has 110 valence electrons. The predicted molar refractivity (Wildman–Crippen MR) is 84.2 cm³/mol. The number of carbonyl (C=O) groups is 1. The van der Waals surface area contributed by atoms with E-state index < -0.39 is 10.0 Å². The number of piperazine rings is 1. The van der Waals surface area contributed by atoms with Crippen molar-refractivity contribution in [2.24, 2.45) is 0 Å². The minimum Gasteiger partial charge on any atom is -0.336 e. The van der Waals surface area contributed by atoms with Gasteiger partial charge in [0.2, 0.25) is 10.0 Å². The van der Waals surface area contributed by atoms with E-state index in [0.717, 1.165) is 8.95 Å². The number of hydrogen-bond acceptors (Lipinski definition) is 3. The summed E-state index contributed by atoms with van der Waals surface area (Å²) in [4.78, 5) is 14.1. The van der Waals surface area contributed by atoms with Crippen LogP contribution in [0.15, 0.2) is 27.1 Å². The van der Waals surface area contributed by atoms with Gasteiger partial charge in [-0.15, -0.1) is 0 Å². The number of nitrogens with zero attached hydrogens (tertiary/aromatic N) is 2. The van der Waals surface area contributed by atoms with Crippen molar-refractivity contribution >= 4 is 47.8 Å². The highest BCUT2D eigenvalue weighted by Gasteiger charge is 2.26. The highest BCUT2D eigenvalue weighted by Crippen LogP contribution is 2.21. The van der Waals surface area contributed by atoms with E-state index in [2.05, 4.69) is 31.9 Å². The standard InChI is InChI=1S/C12H14Br2N2O3S/c1-20(18,19)16-4-2-15(3-5-16)12(17)9-6-10(13)8-11(14)7-9/h6-8H,2-5H2,1H3. The monoisotopic (exact) mass is 424 g/mol. The Morgan fingerprint density at radius 3 is 2.00 bits per heavy atom. The Hall–Kier alpha value is -0.440. The van der Waals surface area contributed by atoms with Crippen LogP contribution >= 0.6 is 31.9 Å². The number of hydrogen-bond donors (Lipinski definition) is 0. The van der Waals surface area contributed by atoms with Gasteiger partial charge in [-0.25, -0.2) is 8.42 Å². The van der Waals surface area contributed by atoms with Gasteiger partial charge in [0, 0.05) is 40.7 Å². The molecule has 1 aromatic carbocycles. The van der Waals surface area contributed by atoms with E-state index in [-0.39, 0.29) is 5.91 Å².